The molecule has 4 heteroatoms. The standard InChI is InChI=1S/C19H18F4/c1-2-3-11-4-6-14-12(8-11)5-7-15(18(14)22)13-9-16(20)19(23)17(21)10-13/h5,7,9-11H,2-4,6,8H2,1H3. The first-order chi connectivity index (χ1) is 11.0. The fraction of sp³-hybridized carbons (Fsp3) is 0.368. The monoisotopic (exact) mass is 322 g/mol. The van der Waals surface area contributed by atoms with E-state index in [0.717, 1.165) is 43.4 Å². The fourth-order valence-corrected chi connectivity index (χ4v) is 3.47. The minimum Gasteiger partial charge on any atom is -0.206 e. The summed E-state index contributed by atoms with van der Waals surface area (Å²) in [6.45, 7) is 2.14. The van der Waals surface area contributed by atoms with Crippen LogP contribution in [0.3, 0.4) is 0 Å². The van der Waals surface area contributed by atoms with Gasteiger partial charge in [-0.25, -0.2) is 17.6 Å². The van der Waals surface area contributed by atoms with Crippen LogP contribution in [0, 0.1) is 29.2 Å². The summed E-state index contributed by atoms with van der Waals surface area (Å²) in [7, 11) is 0. The Morgan fingerprint density at radius 2 is 1.70 bits per heavy atom. The molecule has 2 aromatic carbocycles. The zero-order valence-corrected chi connectivity index (χ0v) is 12.9. The Bertz CT molecular complexity index is 713. The first kappa shape index (κ1) is 16.0. The molecule has 122 valence electrons. The minimum atomic E-state index is -1.53. The van der Waals surface area contributed by atoms with Gasteiger partial charge in [0.05, 0.1) is 0 Å². The van der Waals surface area contributed by atoms with Crippen molar-refractivity contribution in [2.45, 2.75) is 39.0 Å². The zero-order valence-electron chi connectivity index (χ0n) is 12.9. The van der Waals surface area contributed by atoms with E-state index in [1.54, 1.807) is 0 Å². The molecule has 0 radical (unpaired) electrons. The summed E-state index contributed by atoms with van der Waals surface area (Å²) in [4.78, 5) is 0. The van der Waals surface area contributed by atoms with Gasteiger partial charge in [0.15, 0.2) is 17.5 Å². The Labute approximate surface area is 133 Å². The van der Waals surface area contributed by atoms with Crippen LogP contribution in [0.5, 0.6) is 0 Å². The first-order valence-corrected chi connectivity index (χ1v) is 7.96. The van der Waals surface area contributed by atoms with Gasteiger partial charge in [-0.3, -0.25) is 0 Å². The highest BCUT2D eigenvalue weighted by molar-refractivity contribution is 5.66. The quantitative estimate of drug-likeness (QED) is 0.494. The molecule has 0 saturated carbocycles. The number of benzene rings is 2. The van der Waals surface area contributed by atoms with Crippen LogP contribution in [-0.2, 0) is 12.8 Å². The van der Waals surface area contributed by atoms with Crippen molar-refractivity contribution in [1.29, 1.82) is 0 Å². The van der Waals surface area contributed by atoms with E-state index in [-0.39, 0.29) is 11.1 Å². The van der Waals surface area contributed by atoms with E-state index in [0.29, 0.717) is 17.9 Å². The summed E-state index contributed by atoms with van der Waals surface area (Å²) in [5.74, 6) is -4.02. The molecule has 0 bridgehead atoms. The number of rotatable bonds is 3. The minimum absolute atomic E-state index is 0.0254. The van der Waals surface area contributed by atoms with Crippen LogP contribution >= 0.6 is 0 Å². The summed E-state index contributed by atoms with van der Waals surface area (Å²) >= 11 is 0. The van der Waals surface area contributed by atoms with E-state index in [2.05, 4.69) is 6.92 Å². The van der Waals surface area contributed by atoms with Gasteiger partial charge in [0.25, 0.3) is 0 Å². The van der Waals surface area contributed by atoms with Crippen LogP contribution in [0.25, 0.3) is 11.1 Å². The molecule has 0 N–H and O–H groups in total. The van der Waals surface area contributed by atoms with Gasteiger partial charge in [-0.2, -0.15) is 0 Å². The Morgan fingerprint density at radius 1 is 1.00 bits per heavy atom. The van der Waals surface area contributed by atoms with Crippen LogP contribution in [0.2, 0.25) is 0 Å². The van der Waals surface area contributed by atoms with Crippen molar-refractivity contribution in [2.24, 2.45) is 5.92 Å². The maximum atomic E-state index is 14.8. The number of hydrogen-bond acceptors (Lipinski definition) is 0. The Balaban J connectivity index is 2.00. The number of fused-ring (bicyclic) bond motifs is 1. The molecule has 1 atom stereocenters. The van der Waals surface area contributed by atoms with Crippen LogP contribution in [0.4, 0.5) is 17.6 Å². The van der Waals surface area contributed by atoms with Gasteiger partial charge in [0.1, 0.15) is 5.82 Å². The SMILES string of the molecule is CCCC1CCc2c(ccc(-c3cc(F)c(F)c(F)c3)c2F)C1. The molecular formula is C19H18F4. The van der Waals surface area contributed by atoms with E-state index >= 15 is 0 Å². The summed E-state index contributed by atoms with van der Waals surface area (Å²) in [6.07, 6.45) is 4.62. The lowest BCUT2D eigenvalue weighted by Crippen LogP contribution is -2.16. The predicted octanol–water partition coefficient (Wildman–Crippen LogP) is 5.82. The molecule has 0 heterocycles. The van der Waals surface area contributed by atoms with Gasteiger partial charge in [0, 0.05) is 5.56 Å². The Morgan fingerprint density at radius 3 is 2.35 bits per heavy atom. The molecule has 0 spiro atoms. The van der Waals surface area contributed by atoms with Gasteiger partial charge in [-0.05, 0) is 54.0 Å². The molecule has 0 amide bonds. The largest absolute Gasteiger partial charge is 0.206 e. The third-order valence-electron chi connectivity index (χ3n) is 4.64. The van der Waals surface area contributed by atoms with E-state index in [1.165, 1.54) is 6.07 Å². The van der Waals surface area contributed by atoms with Crippen molar-refractivity contribution in [3.05, 3.63) is 58.7 Å². The maximum absolute atomic E-state index is 14.8. The molecule has 0 aromatic heterocycles. The maximum Gasteiger partial charge on any atom is 0.194 e. The van der Waals surface area contributed by atoms with E-state index in [9.17, 15) is 17.6 Å². The molecular weight excluding hydrogens is 304 g/mol. The predicted molar refractivity (Wildman–Crippen MR) is 82.1 cm³/mol. The third-order valence-corrected chi connectivity index (χ3v) is 4.64. The average molecular weight is 322 g/mol. The normalized spacial score (nSPS) is 17.2. The van der Waals surface area contributed by atoms with Crippen molar-refractivity contribution >= 4 is 0 Å². The second-order valence-corrected chi connectivity index (χ2v) is 6.22. The molecule has 3 rings (SSSR count). The van der Waals surface area contributed by atoms with Gasteiger partial charge < -0.3 is 0 Å². The van der Waals surface area contributed by atoms with Crippen molar-refractivity contribution < 1.29 is 17.6 Å². The van der Waals surface area contributed by atoms with Crippen LogP contribution in [0.15, 0.2) is 24.3 Å². The molecule has 0 saturated heterocycles. The summed E-state index contributed by atoms with van der Waals surface area (Å²) < 4.78 is 54.6. The lowest BCUT2D eigenvalue weighted by molar-refractivity contribution is 0.415. The lowest BCUT2D eigenvalue weighted by Gasteiger charge is -2.25. The van der Waals surface area contributed by atoms with Crippen LogP contribution in [0.1, 0.15) is 37.3 Å². The Hall–Kier alpha value is -1.84. The molecule has 1 unspecified atom stereocenters. The van der Waals surface area contributed by atoms with E-state index in [4.69, 9.17) is 0 Å². The van der Waals surface area contributed by atoms with E-state index in [1.807, 2.05) is 6.07 Å². The van der Waals surface area contributed by atoms with Gasteiger partial charge >= 0.3 is 0 Å². The molecule has 0 nitrogen and oxygen atoms in total. The first-order valence-electron chi connectivity index (χ1n) is 7.96. The summed E-state index contributed by atoms with van der Waals surface area (Å²) in [5, 5.41) is 0. The van der Waals surface area contributed by atoms with Gasteiger partial charge in [0.2, 0.25) is 0 Å². The second kappa shape index (κ2) is 6.34. The van der Waals surface area contributed by atoms with E-state index < -0.39 is 23.3 Å². The highest BCUT2D eigenvalue weighted by Crippen LogP contribution is 2.35. The van der Waals surface area contributed by atoms with Crippen LogP contribution < -0.4 is 0 Å². The molecule has 2 aromatic rings. The second-order valence-electron chi connectivity index (χ2n) is 6.22. The van der Waals surface area contributed by atoms with Crippen molar-refractivity contribution in [2.75, 3.05) is 0 Å². The summed E-state index contributed by atoms with van der Waals surface area (Å²) in [5.41, 5.74) is 1.74. The molecule has 1 aliphatic carbocycles. The average Bonchev–Trinajstić information content (AvgIpc) is 2.53. The number of halogens is 4. The van der Waals surface area contributed by atoms with Crippen molar-refractivity contribution in [1.82, 2.24) is 0 Å². The molecule has 1 aliphatic rings. The molecule has 0 aliphatic heterocycles. The van der Waals surface area contributed by atoms with Crippen molar-refractivity contribution in [3.63, 3.8) is 0 Å². The molecule has 23 heavy (non-hydrogen) atoms. The summed E-state index contributed by atoms with van der Waals surface area (Å²) in [6, 6.07) is 5.04. The van der Waals surface area contributed by atoms with Crippen LogP contribution in [-0.4, -0.2) is 0 Å². The smallest absolute Gasteiger partial charge is 0.194 e. The molecule has 0 fully saturated rings. The zero-order chi connectivity index (χ0) is 16.6. The Kier molecular flexibility index (Phi) is 4.42. The van der Waals surface area contributed by atoms with Gasteiger partial charge in [-0.1, -0.05) is 31.9 Å². The van der Waals surface area contributed by atoms with Gasteiger partial charge in [-0.15, -0.1) is 0 Å². The van der Waals surface area contributed by atoms with Crippen molar-refractivity contribution in [3.8, 4) is 11.1 Å². The highest BCUT2D eigenvalue weighted by atomic mass is 19.2. The highest BCUT2D eigenvalue weighted by Gasteiger charge is 2.23. The lowest BCUT2D eigenvalue weighted by atomic mass is 9.80. The number of hydrogen-bond donors (Lipinski definition) is 0. The topological polar surface area (TPSA) is 0 Å². The third kappa shape index (κ3) is 2.99. The fourth-order valence-electron chi connectivity index (χ4n) is 3.47.